The smallest absolute Gasteiger partial charge is 0.408 e. The van der Waals surface area contributed by atoms with E-state index in [0.717, 1.165) is 17.3 Å². The number of benzene rings is 1. The van der Waals surface area contributed by atoms with Crippen LogP contribution in [-0.2, 0) is 11.3 Å². The van der Waals surface area contributed by atoms with E-state index in [-0.39, 0.29) is 6.54 Å². The molecule has 0 aliphatic rings. The third kappa shape index (κ3) is 3.57. The number of H-pyrrole nitrogens is 1. The fourth-order valence-corrected chi connectivity index (χ4v) is 1.71. The zero-order chi connectivity index (χ0) is 14.8. The number of ether oxygens (including phenoxy) is 1. The Bertz CT molecular complexity index is 641. The van der Waals surface area contributed by atoms with Gasteiger partial charge in [-0.3, -0.25) is 4.79 Å². The molecule has 0 bridgehead atoms. The van der Waals surface area contributed by atoms with Crippen LogP contribution in [0, 0.1) is 0 Å². The van der Waals surface area contributed by atoms with Gasteiger partial charge in [-0.2, -0.15) is 0 Å². The lowest BCUT2D eigenvalue weighted by molar-refractivity contribution is 0.0522. The van der Waals surface area contributed by atoms with Crippen molar-refractivity contribution in [2.45, 2.75) is 32.9 Å². The lowest BCUT2D eigenvalue weighted by Gasteiger charge is -2.19. The van der Waals surface area contributed by atoms with Crippen molar-refractivity contribution in [1.29, 1.82) is 0 Å². The average Bonchev–Trinajstić information content (AvgIpc) is 2.75. The highest BCUT2D eigenvalue weighted by molar-refractivity contribution is 5.84. The highest BCUT2D eigenvalue weighted by Gasteiger charge is 2.16. The summed E-state index contributed by atoms with van der Waals surface area (Å²) in [6.07, 6.45) is 0.283. The van der Waals surface area contributed by atoms with Crippen molar-refractivity contribution in [3.05, 3.63) is 29.6 Å². The maximum Gasteiger partial charge on any atom is 0.408 e. The molecule has 2 aromatic rings. The topological polar surface area (TPSA) is 84.1 Å². The maximum absolute atomic E-state index is 11.5. The van der Waals surface area contributed by atoms with Gasteiger partial charge in [0.15, 0.2) is 0 Å². The SMILES string of the molecule is CC(C)(C)OC(=O)NCc1nc2ccc(C=O)cc2[nH]1. The van der Waals surface area contributed by atoms with Gasteiger partial charge in [0.25, 0.3) is 0 Å². The predicted octanol–water partition coefficient (Wildman–Crippen LogP) is 2.40. The number of imidazole rings is 1. The molecule has 0 atom stereocenters. The molecule has 2 rings (SSSR count). The van der Waals surface area contributed by atoms with Gasteiger partial charge in [-0.15, -0.1) is 0 Å². The predicted molar refractivity (Wildman–Crippen MR) is 74.6 cm³/mol. The highest BCUT2D eigenvalue weighted by Crippen LogP contribution is 2.13. The molecule has 1 heterocycles. The summed E-state index contributed by atoms with van der Waals surface area (Å²) in [7, 11) is 0. The molecule has 1 aromatic heterocycles. The van der Waals surface area contributed by atoms with E-state index in [1.807, 2.05) is 0 Å². The van der Waals surface area contributed by atoms with E-state index in [9.17, 15) is 9.59 Å². The molecular weight excluding hydrogens is 258 g/mol. The van der Waals surface area contributed by atoms with Crippen LogP contribution in [0.1, 0.15) is 37.0 Å². The molecule has 0 fully saturated rings. The average molecular weight is 275 g/mol. The molecular formula is C14H17N3O3. The maximum atomic E-state index is 11.5. The Labute approximate surface area is 116 Å². The minimum atomic E-state index is -0.531. The third-order valence-electron chi connectivity index (χ3n) is 2.49. The van der Waals surface area contributed by atoms with Crippen LogP contribution in [0.5, 0.6) is 0 Å². The van der Waals surface area contributed by atoms with Gasteiger partial charge in [-0.05, 0) is 39.0 Å². The van der Waals surface area contributed by atoms with Crippen LogP contribution in [0.15, 0.2) is 18.2 Å². The molecule has 6 nitrogen and oxygen atoms in total. The first-order chi connectivity index (χ1) is 9.37. The standard InChI is InChI=1S/C14H17N3O3/c1-14(2,3)20-13(19)15-7-12-16-10-5-4-9(8-18)6-11(10)17-12/h4-6,8H,7H2,1-3H3,(H,15,19)(H,16,17). The van der Waals surface area contributed by atoms with Gasteiger partial charge in [0.1, 0.15) is 17.7 Å². The molecule has 0 saturated carbocycles. The first-order valence-electron chi connectivity index (χ1n) is 6.28. The van der Waals surface area contributed by atoms with Crippen molar-refractivity contribution in [2.24, 2.45) is 0 Å². The van der Waals surface area contributed by atoms with Gasteiger partial charge in [0, 0.05) is 5.56 Å². The van der Waals surface area contributed by atoms with Crippen molar-refractivity contribution in [1.82, 2.24) is 15.3 Å². The van der Waals surface area contributed by atoms with Crippen molar-refractivity contribution in [3.63, 3.8) is 0 Å². The van der Waals surface area contributed by atoms with E-state index in [2.05, 4.69) is 15.3 Å². The zero-order valence-electron chi connectivity index (χ0n) is 11.7. The van der Waals surface area contributed by atoms with Gasteiger partial charge in [-0.25, -0.2) is 9.78 Å². The number of nitrogens with zero attached hydrogens (tertiary/aromatic N) is 1. The summed E-state index contributed by atoms with van der Waals surface area (Å²) < 4.78 is 5.13. The molecule has 0 radical (unpaired) electrons. The number of aldehydes is 1. The monoisotopic (exact) mass is 275 g/mol. The number of amides is 1. The van der Waals surface area contributed by atoms with E-state index < -0.39 is 11.7 Å². The van der Waals surface area contributed by atoms with Crippen LogP contribution in [-0.4, -0.2) is 27.9 Å². The number of aromatic amines is 1. The number of hydrogen-bond acceptors (Lipinski definition) is 4. The molecule has 2 N–H and O–H groups in total. The zero-order valence-corrected chi connectivity index (χ0v) is 11.7. The number of rotatable bonds is 3. The number of carbonyl (C=O) groups is 2. The minimum Gasteiger partial charge on any atom is -0.444 e. The third-order valence-corrected chi connectivity index (χ3v) is 2.49. The summed E-state index contributed by atoms with van der Waals surface area (Å²) >= 11 is 0. The first-order valence-corrected chi connectivity index (χ1v) is 6.28. The van der Waals surface area contributed by atoms with Crippen molar-refractivity contribution < 1.29 is 14.3 Å². The summed E-state index contributed by atoms with van der Waals surface area (Å²) in [4.78, 5) is 29.6. The van der Waals surface area contributed by atoms with Gasteiger partial charge in [0.05, 0.1) is 17.6 Å². The van der Waals surface area contributed by atoms with E-state index in [4.69, 9.17) is 4.74 Å². The van der Waals surface area contributed by atoms with Crippen LogP contribution < -0.4 is 5.32 Å². The Morgan fingerprint density at radius 3 is 2.85 bits per heavy atom. The molecule has 0 saturated heterocycles. The second kappa shape index (κ2) is 5.32. The van der Waals surface area contributed by atoms with Crippen molar-refractivity contribution >= 4 is 23.4 Å². The summed E-state index contributed by atoms with van der Waals surface area (Å²) in [6.45, 7) is 5.64. The summed E-state index contributed by atoms with van der Waals surface area (Å²) in [5.74, 6) is 0.605. The van der Waals surface area contributed by atoms with Crippen LogP contribution >= 0.6 is 0 Å². The molecule has 0 spiro atoms. The molecule has 6 heteroatoms. The first kappa shape index (κ1) is 14.0. The Balaban J connectivity index is 2.03. The quantitative estimate of drug-likeness (QED) is 0.842. The lowest BCUT2D eigenvalue weighted by atomic mass is 10.2. The lowest BCUT2D eigenvalue weighted by Crippen LogP contribution is -2.32. The second-order valence-electron chi connectivity index (χ2n) is 5.43. The molecule has 1 amide bonds. The van der Waals surface area contributed by atoms with Gasteiger partial charge in [-0.1, -0.05) is 0 Å². The minimum absolute atomic E-state index is 0.236. The Morgan fingerprint density at radius 1 is 1.45 bits per heavy atom. The summed E-state index contributed by atoms with van der Waals surface area (Å²) in [5.41, 5.74) is 1.55. The Kier molecular flexibility index (Phi) is 3.74. The Morgan fingerprint density at radius 2 is 2.20 bits per heavy atom. The number of hydrogen-bond donors (Lipinski definition) is 2. The molecule has 1 aromatic carbocycles. The van der Waals surface area contributed by atoms with Crippen LogP contribution in [0.25, 0.3) is 11.0 Å². The number of alkyl carbamates (subject to hydrolysis) is 1. The number of carbonyl (C=O) groups excluding carboxylic acids is 2. The normalized spacial score (nSPS) is 11.3. The molecule has 0 aliphatic carbocycles. The van der Waals surface area contributed by atoms with E-state index in [1.165, 1.54) is 0 Å². The molecule has 0 aliphatic heterocycles. The molecule has 0 unspecified atom stereocenters. The largest absolute Gasteiger partial charge is 0.444 e. The highest BCUT2D eigenvalue weighted by atomic mass is 16.6. The van der Waals surface area contributed by atoms with E-state index in [1.54, 1.807) is 39.0 Å². The number of aromatic nitrogens is 2. The Hall–Kier alpha value is -2.37. The van der Waals surface area contributed by atoms with Crippen molar-refractivity contribution in [3.8, 4) is 0 Å². The van der Waals surface area contributed by atoms with Crippen LogP contribution in [0.4, 0.5) is 4.79 Å². The summed E-state index contributed by atoms with van der Waals surface area (Å²) in [6, 6.07) is 5.17. The van der Waals surface area contributed by atoms with Crippen LogP contribution in [0.2, 0.25) is 0 Å². The van der Waals surface area contributed by atoms with Gasteiger partial charge in [0.2, 0.25) is 0 Å². The molecule has 106 valence electrons. The fourth-order valence-electron chi connectivity index (χ4n) is 1.71. The fraction of sp³-hybridized carbons (Fsp3) is 0.357. The van der Waals surface area contributed by atoms with Gasteiger partial charge >= 0.3 is 6.09 Å². The van der Waals surface area contributed by atoms with E-state index in [0.29, 0.717) is 11.4 Å². The molecule has 20 heavy (non-hydrogen) atoms. The van der Waals surface area contributed by atoms with Crippen LogP contribution in [0.3, 0.4) is 0 Å². The van der Waals surface area contributed by atoms with E-state index >= 15 is 0 Å². The summed E-state index contributed by atoms with van der Waals surface area (Å²) in [5, 5.41) is 2.62. The number of fused-ring (bicyclic) bond motifs is 1. The van der Waals surface area contributed by atoms with Gasteiger partial charge < -0.3 is 15.0 Å². The second-order valence-corrected chi connectivity index (χ2v) is 5.43. The van der Waals surface area contributed by atoms with Crippen molar-refractivity contribution in [2.75, 3.05) is 0 Å². The number of nitrogens with one attached hydrogen (secondary N) is 2.